The minimum absolute atomic E-state index is 0.132. The summed E-state index contributed by atoms with van der Waals surface area (Å²) in [5.41, 5.74) is 6.24. The molecule has 3 amide bonds. The molecule has 8 nitrogen and oxygen atoms in total. The maximum Gasteiger partial charge on any atom is 0.410 e. The maximum atomic E-state index is 12.6. The molecule has 150 valence electrons. The number of nitrogens with zero attached hydrogens (tertiary/aromatic N) is 2. The van der Waals surface area contributed by atoms with E-state index in [9.17, 15) is 14.4 Å². The molecule has 1 saturated heterocycles. The highest BCUT2D eigenvalue weighted by Crippen LogP contribution is 2.19. The fourth-order valence-corrected chi connectivity index (χ4v) is 3.17. The van der Waals surface area contributed by atoms with Gasteiger partial charge >= 0.3 is 6.09 Å². The Hall–Kier alpha value is -3.08. The average Bonchev–Trinajstić information content (AvgIpc) is 3.19. The smallest absolute Gasteiger partial charge is 0.410 e. The van der Waals surface area contributed by atoms with E-state index in [1.54, 1.807) is 0 Å². The Labute approximate surface area is 164 Å². The quantitative estimate of drug-likeness (QED) is 0.626. The summed E-state index contributed by atoms with van der Waals surface area (Å²) >= 11 is 0. The van der Waals surface area contributed by atoms with Gasteiger partial charge in [0, 0.05) is 13.0 Å². The van der Waals surface area contributed by atoms with Crippen LogP contribution in [-0.2, 0) is 20.9 Å². The minimum atomic E-state index is -0.811. The van der Waals surface area contributed by atoms with Crippen LogP contribution in [0, 0.1) is 11.3 Å². The molecule has 1 aliphatic heterocycles. The van der Waals surface area contributed by atoms with Gasteiger partial charge in [-0.2, -0.15) is 5.26 Å². The molecule has 2 atom stereocenters. The normalized spacial score (nSPS) is 16.8. The predicted octanol–water partition coefficient (Wildman–Crippen LogP) is 1.84. The lowest BCUT2D eigenvalue weighted by Crippen LogP contribution is -2.52. The lowest BCUT2D eigenvalue weighted by Gasteiger charge is -2.25. The van der Waals surface area contributed by atoms with Crippen LogP contribution in [-0.4, -0.2) is 41.4 Å². The Morgan fingerprint density at radius 3 is 2.71 bits per heavy atom. The van der Waals surface area contributed by atoms with Crippen molar-refractivity contribution in [3.05, 3.63) is 35.9 Å². The van der Waals surface area contributed by atoms with E-state index in [1.165, 1.54) is 4.90 Å². The molecule has 1 aromatic rings. The molecule has 0 radical (unpaired) electrons. The number of unbranched alkanes of at least 4 members (excludes halogenated alkanes) is 2. The first-order chi connectivity index (χ1) is 13.5. The molecule has 1 aliphatic rings. The Kier molecular flexibility index (Phi) is 8.28. The Morgan fingerprint density at radius 1 is 1.29 bits per heavy atom. The molecule has 0 aliphatic carbocycles. The molecule has 2 rings (SSSR count). The van der Waals surface area contributed by atoms with Crippen LogP contribution in [0.4, 0.5) is 4.79 Å². The lowest BCUT2D eigenvalue weighted by molar-refractivity contribution is -0.130. The largest absolute Gasteiger partial charge is 0.445 e. The van der Waals surface area contributed by atoms with Crippen LogP contribution in [0.5, 0.6) is 0 Å². The fourth-order valence-electron chi connectivity index (χ4n) is 3.17. The fraction of sp³-hybridized carbons (Fsp3) is 0.500. The highest BCUT2D eigenvalue weighted by Gasteiger charge is 2.36. The third-order valence-electron chi connectivity index (χ3n) is 4.69. The Morgan fingerprint density at radius 2 is 2.04 bits per heavy atom. The molecular weight excluding hydrogens is 360 g/mol. The van der Waals surface area contributed by atoms with Crippen molar-refractivity contribution in [3.8, 4) is 6.07 Å². The average molecular weight is 386 g/mol. The number of nitrogens with one attached hydrogen (secondary N) is 1. The van der Waals surface area contributed by atoms with E-state index in [2.05, 4.69) is 5.32 Å². The van der Waals surface area contributed by atoms with Gasteiger partial charge in [-0.1, -0.05) is 30.3 Å². The molecule has 3 N–H and O–H groups in total. The van der Waals surface area contributed by atoms with Crippen molar-refractivity contribution >= 4 is 17.9 Å². The van der Waals surface area contributed by atoms with Crippen LogP contribution < -0.4 is 11.1 Å². The molecule has 0 saturated carbocycles. The third kappa shape index (κ3) is 6.27. The summed E-state index contributed by atoms with van der Waals surface area (Å²) in [6.07, 6.45) is 2.64. The van der Waals surface area contributed by atoms with Gasteiger partial charge in [-0.3, -0.25) is 14.5 Å². The van der Waals surface area contributed by atoms with E-state index in [1.807, 2.05) is 36.4 Å². The first-order valence-corrected chi connectivity index (χ1v) is 9.47. The van der Waals surface area contributed by atoms with Crippen LogP contribution >= 0.6 is 0 Å². The van der Waals surface area contributed by atoms with Crippen LogP contribution in [0.15, 0.2) is 30.3 Å². The topological polar surface area (TPSA) is 126 Å². The summed E-state index contributed by atoms with van der Waals surface area (Å²) in [7, 11) is 0. The second-order valence-corrected chi connectivity index (χ2v) is 6.76. The number of carbonyl (C=O) groups excluding carboxylic acids is 3. The zero-order valence-corrected chi connectivity index (χ0v) is 15.8. The van der Waals surface area contributed by atoms with Crippen molar-refractivity contribution in [2.45, 2.75) is 57.2 Å². The zero-order chi connectivity index (χ0) is 20.4. The zero-order valence-electron chi connectivity index (χ0n) is 15.8. The molecule has 8 heteroatoms. The molecule has 1 heterocycles. The molecule has 0 bridgehead atoms. The van der Waals surface area contributed by atoms with E-state index in [0.717, 1.165) is 5.56 Å². The van der Waals surface area contributed by atoms with E-state index in [4.69, 9.17) is 15.7 Å². The number of hydrogen-bond acceptors (Lipinski definition) is 5. The van der Waals surface area contributed by atoms with Crippen LogP contribution in [0.2, 0.25) is 0 Å². The standard InChI is InChI=1S/C20H26N4O4/c21-12-6-2-5-10-16(18(22)25)23-19(26)17-11-7-13-24(17)20(27)28-14-15-8-3-1-4-9-15/h1,3-4,8-9,16-17H,2,5-7,10-11,13-14H2,(H2,22,25)(H,23,26)/t16-,17+/m0/s1. The van der Waals surface area contributed by atoms with Crippen molar-refractivity contribution in [3.63, 3.8) is 0 Å². The number of ether oxygens (including phenoxy) is 1. The molecule has 1 fully saturated rings. The van der Waals surface area contributed by atoms with Gasteiger partial charge in [0.05, 0.1) is 6.07 Å². The molecule has 28 heavy (non-hydrogen) atoms. The molecule has 0 spiro atoms. The second kappa shape index (κ2) is 10.9. The Bertz CT molecular complexity index is 717. The summed E-state index contributed by atoms with van der Waals surface area (Å²) in [5, 5.41) is 11.2. The van der Waals surface area contributed by atoms with Gasteiger partial charge in [0.1, 0.15) is 18.7 Å². The first-order valence-electron chi connectivity index (χ1n) is 9.47. The van der Waals surface area contributed by atoms with Gasteiger partial charge in [0.15, 0.2) is 0 Å². The molecule has 0 unspecified atom stereocenters. The summed E-state index contributed by atoms with van der Waals surface area (Å²) in [6.45, 7) is 0.558. The van der Waals surface area contributed by atoms with Crippen LogP contribution in [0.1, 0.15) is 44.1 Å². The van der Waals surface area contributed by atoms with Gasteiger partial charge in [-0.05, 0) is 37.7 Å². The Balaban J connectivity index is 1.88. The number of primary amides is 1. The minimum Gasteiger partial charge on any atom is -0.445 e. The summed E-state index contributed by atoms with van der Waals surface area (Å²) in [6, 6.07) is 9.84. The number of benzene rings is 1. The lowest BCUT2D eigenvalue weighted by atomic mass is 10.1. The van der Waals surface area contributed by atoms with Gasteiger partial charge in [0.25, 0.3) is 0 Å². The number of hydrogen-bond donors (Lipinski definition) is 2. The van der Waals surface area contributed by atoms with Crippen molar-refractivity contribution in [1.29, 1.82) is 5.26 Å². The van der Waals surface area contributed by atoms with Crippen molar-refractivity contribution in [1.82, 2.24) is 10.2 Å². The number of rotatable bonds is 9. The summed E-state index contributed by atoms with van der Waals surface area (Å²) in [4.78, 5) is 38.0. The van der Waals surface area contributed by atoms with Gasteiger partial charge in [-0.15, -0.1) is 0 Å². The van der Waals surface area contributed by atoms with Gasteiger partial charge < -0.3 is 15.8 Å². The summed E-state index contributed by atoms with van der Waals surface area (Å²) < 4.78 is 5.32. The number of amides is 3. The van der Waals surface area contributed by atoms with E-state index in [0.29, 0.717) is 45.1 Å². The van der Waals surface area contributed by atoms with Crippen molar-refractivity contribution in [2.24, 2.45) is 5.73 Å². The van der Waals surface area contributed by atoms with E-state index < -0.39 is 30.0 Å². The molecular formula is C20H26N4O4. The highest BCUT2D eigenvalue weighted by molar-refractivity contribution is 5.91. The SMILES string of the molecule is N#CCCCC[C@H](NC(=O)[C@H]1CCCN1C(=O)OCc1ccccc1)C(N)=O. The number of likely N-dealkylation sites (tertiary alicyclic amines) is 1. The summed E-state index contributed by atoms with van der Waals surface area (Å²) in [5.74, 6) is -1.03. The van der Waals surface area contributed by atoms with Crippen LogP contribution in [0.3, 0.4) is 0 Å². The van der Waals surface area contributed by atoms with Gasteiger partial charge in [-0.25, -0.2) is 4.79 Å². The number of nitrogens with two attached hydrogens (primary N) is 1. The van der Waals surface area contributed by atoms with E-state index >= 15 is 0 Å². The molecule has 1 aromatic carbocycles. The third-order valence-corrected chi connectivity index (χ3v) is 4.69. The van der Waals surface area contributed by atoms with Crippen molar-refractivity contribution in [2.75, 3.05) is 6.54 Å². The van der Waals surface area contributed by atoms with Crippen molar-refractivity contribution < 1.29 is 19.1 Å². The van der Waals surface area contributed by atoms with E-state index in [-0.39, 0.29) is 6.61 Å². The first kappa shape index (κ1) is 21.2. The second-order valence-electron chi connectivity index (χ2n) is 6.76. The maximum absolute atomic E-state index is 12.6. The highest BCUT2D eigenvalue weighted by atomic mass is 16.6. The van der Waals surface area contributed by atoms with Gasteiger partial charge in [0.2, 0.25) is 11.8 Å². The van der Waals surface area contributed by atoms with Crippen LogP contribution in [0.25, 0.3) is 0 Å². The number of nitriles is 1. The number of carbonyl (C=O) groups is 3. The molecule has 0 aromatic heterocycles. The predicted molar refractivity (Wildman–Crippen MR) is 102 cm³/mol. The monoisotopic (exact) mass is 386 g/mol.